The van der Waals surface area contributed by atoms with Crippen LogP contribution in [-0.4, -0.2) is 17.6 Å². The highest BCUT2D eigenvalue weighted by Crippen LogP contribution is 2.34. The average Bonchev–Trinajstić information content (AvgIpc) is 3.16. The number of hydrogen-bond acceptors (Lipinski definition) is 5. The van der Waals surface area contributed by atoms with E-state index in [-0.39, 0.29) is 42.2 Å². The Bertz CT molecular complexity index is 1080. The van der Waals surface area contributed by atoms with Crippen LogP contribution in [0.3, 0.4) is 0 Å². The molecule has 2 aromatic carbocycles. The summed E-state index contributed by atoms with van der Waals surface area (Å²) in [6, 6.07) is 5.86. The number of nitrogens with zero attached hydrogens (tertiary/aromatic N) is 1. The summed E-state index contributed by atoms with van der Waals surface area (Å²) in [5.41, 5.74) is -0.622. The monoisotopic (exact) mass is 457 g/mol. The van der Waals surface area contributed by atoms with Gasteiger partial charge in [-0.1, -0.05) is 0 Å². The molecule has 0 unspecified atom stereocenters. The Labute approximate surface area is 178 Å². The van der Waals surface area contributed by atoms with Crippen LogP contribution in [0.25, 0.3) is 0 Å². The van der Waals surface area contributed by atoms with Gasteiger partial charge in [-0.2, -0.15) is 13.2 Å². The number of carbonyl (C=O) groups excluding carboxylic acids is 1. The molecule has 3 rings (SSSR count). The van der Waals surface area contributed by atoms with Crippen LogP contribution in [0.4, 0.5) is 22.0 Å². The van der Waals surface area contributed by atoms with E-state index < -0.39 is 29.3 Å². The second kappa shape index (κ2) is 9.42. The van der Waals surface area contributed by atoms with Crippen molar-refractivity contribution in [1.29, 1.82) is 0 Å². The van der Waals surface area contributed by atoms with Gasteiger partial charge in [0.15, 0.2) is 5.69 Å². The minimum atomic E-state index is -4.57. The van der Waals surface area contributed by atoms with Crippen LogP contribution in [0.5, 0.6) is 5.75 Å². The highest BCUT2D eigenvalue weighted by Gasteiger charge is 2.31. The van der Waals surface area contributed by atoms with Crippen LogP contribution >= 0.6 is 11.3 Å². The number of alkyl halides is 3. The summed E-state index contributed by atoms with van der Waals surface area (Å²) < 4.78 is 76.8. The highest BCUT2D eigenvalue weighted by molar-refractivity contribution is 7.09. The van der Waals surface area contributed by atoms with Crippen LogP contribution in [0.15, 0.2) is 41.8 Å². The number of aromatic nitrogens is 1. The number of halogens is 5. The van der Waals surface area contributed by atoms with Gasteiger partial charge >= 0.3 is 12.1 Å². The highest BCUT2D eigenvalue weighted by atomic mass is 32.1. The van der Waals surface area contributed by atoms with Gasteiger partial charge < -0.3 is 9.47 Å². The molecule has 0 aliphatic heterocycles. The molecule has 0 saturated carbocycles. The zero-order chi connectivity index (χ0) is 22.6. The molecule has 0 radical (unpaired) electrons. The number of rotatable bonds is 7. The molecule has 0 aliphatic carbocycles. The molecule has 1 heterocycles. The van der Waals surface area contributed by atoms with Crippen LogP contribution in [0, 0.1) is 11.6 Å². The SMILES string of the molecule is CCOC(=O)c1csc(Cc2cc(C(F)(F)F)ccc2OCc2ccc(F)cc2F)n1. The molecule has 0 fully saturated rings. The first kappa shape index (κ1) is 22.7. The first-order valence-corrected chi connectivity index (χ1v) is 9.93. The molecular formula is C21H16F5NO3S. The second-order valence-electron chi connectivity index (χ2n) is 6.37. The molecule has 0 aliphatic rings. The van der Waals surface area contributed by atoms with Gasteiger partial charge in [-0.05, 0) is 37.3 Å². The van der Waals surface area contributed by atoms with Gasteiger partial charge in [-0.15, -0.1) is 11.3 Å². The molecule has 3 aromatic rings. The summed E-state index contributed by atoms with van der Waals surface area (Å²) in [4.78, 5) is 15.9. The van der Waals surface area contributed by atoms with Gasteiger partial charge in [0.25, 0.3) is 0 Å². The summed E-state index contributed by atoms with van der Waals surface area (Å²) in [6.45, 7) is 1.50. The number of esters is 1. The maximum absolute atomic E-state index is 13.8. The molecule has 0 atom stereocenters. The molecule has 0 saturated heterocycles. The third kappa shape index (κ3) is 5.78. The molecule has 0 amide bonds. The van der Waals surface area contributed by atoms with Crippen molar-refractivity contribution >= 4 is 17.3 Å². The van der Waals surface area contributed by atoms with Gasteiger partial charge in [0.1, 0.15) is 24.0 Å². The van der Waals surface area contributed by atoms with E-state index in [1.165, 1.54) is 11.4 Å². The number of benzene rings is 2. The predicted molar refractivity (Wildman–Crippen MR) is 103 cm³/mol. The zero-order valence-electron chi connectivity index (χ0n) is 16.1. The lowest BCUT2D eigenvalue weighted by molar-refractivity contribution is -0.137. The molecule has 164 valence electrons. The van der Waals surface area contributed by atoms with Crippen molar-refractivity contribution in [2.45, 2.75) is 26.1 Å². The zero-order valence-corrected chi connectivity index (χ0v) is 16.9. The Balaban J connectivity index is 1.86. The Kier molecular flexibility index (Phi) is 6.89. The van der Waals surface area contributed by atoms with Gasteiger partial charge in [0.2, 0.25) is 0 Å². The maximum Gasteiger partial charge on any atom is 0.416 e. The third-order valence-corrected chi connectivity index (χ3v) is 5.01. The van der Waals surface area contributed by atoms with E-state index in [9.17, 15) is 26.7 Å². The Morgan fingerprint density at radius 3 is 2.55 bits per heavy atom. The molecular weight excluding hydrogens is 441 g/mol. The molecule has 10 heteroatoms. The van der Waals surface area contributed by atoms with E-state index >= 15 is 0 Å². The molecule has 1 aromatic heterocycles. The molecule has 0 bridgehead atoms. The minimum Gasteiger partial charge on any atom is -0.489 e. The van der Waals surface area contributed by atoms with Crippen molar-refractivity contribution in [2.75, 3.05) is 6.61 Å². The van der Waals surface area contributed by atoms with Gasteiger partial charge in [0, 0.05) is 29.0 Å². The van der Waals surface area contributed by atoms with E-state index in [0.29, 0.717) is 11.1 Å². The Morgan fingerprint density at radius 2 is 1.87 bits per heavy atom. The largest absolute Gasteiger partial charge is 0.489 e. The summed E-state index contributed by atoms with van der Waals surface area (Å²) in [6.07, 6.45) is -4.62. The third-order valence-electron chi connectivity index (χ3n) is 4.16. The predicted octanol–water partition coefficient (Wildman–Crippen LogP) is 5.79. The second-order valence-corrected chi connectivity index (χ2v) is 7.31. The summed E-state index contributed by atoms with van der Waals surface area (Å²) in [5.74, 6) is -2.12. The quantitative estimate of drug-likeness (QED) is 0.333. The number of hydrogen-bond donors (Lipinski definition) is 0. The smallest absolute Gasteiger partial charge is 0.416 e. The lowest BCUT2D eigenvalue weighted by Crippen LogP contribution is -2.08. The van der Waals surface area contributed by atoms with Crippen molar-refractivity contribution in [2.24, 2.45) is 0 Å². The van der Waals surface area contributed by atoms with E-state index in [1.54, 1.807) is 6.92 Å². The Morgan fingerprint density at radius 1 is 1.10 bits per heavy atom. The van der Waals surface area contributed by atoms with Gasteiger partial charge in [0.05, 0.1) is 17.2 Å². The van der Waals surface area contributed by atoms with Gasteiger partial charge in [-0.3, -0.25) is 0 Å². The Hall–Kier alpha value is -3.01. The minimum absolute atomic E-state index is 0.0464. The summed E-state index contributed by atoms with van der Waals surface area (Å²) in [5, 5.41) is 1.83. The van der Waals surface area contributed by atoms with E-state index in [4.69, 9.17) is 9.47 Å². The van der Waals surface area contributed by atoms with Crippen molar-refractivity contribution in [3.05, 3.63) is 80.8 Å². The number of carbonyl (C=O) groups is 1. The van der Waals surface area contributed by atoms with Crippen molar-refractivity contribution < 1.29 is 36.2 Å². The topological polar surface area (TPSA) is 48.4 Å². The van der Waals surface area contributed by atoms with Crippen LogP contribution in [-0.2, 0) is 23.9 Å². The van der Waals surface area contributed by atoms with Crippen molar-refractivity contribution in [3.8, 4) is 5.75 Å². The van der Waals surface area contributed by atoms with E-state index in [1.807, 2.05) is 0 Å². The lowest BCUT2D eigenvalue weighted by atomic mass is 10.1. The first-order chi connectivity index (χ1) is 14.7. The van der Waals surface area contributed by atoms with Gasteiger partial charge in [-0.25, -0.2) is 18.6 Å². The molecule has 0 spiro atoms. The molecule has 31 heavy (non-hydrogen) atoms. The van der Waals surface area contributed by atoms with Crippen LogP contribution in [0.1, 0.15) is 39.1 Å². The van der Waals surface area contributed by atoms with E-state index in [0.717, 1.165) is 35.6 Å². The normalized spacial score (nSPS) is 11.4. The number of ether oxygens (including phenoxy) is 2. The lowest BCUT2D eigenvalue weighted by Gasteiger charge is -2.14. The first-order valence-electron chi connectivity index (χ1n) is 9.05. The number of thiazole rings is 1. The fourth-order valence-corrected chi connectivity index (χ4v) is 3.47. The standard InChI is InChI=1S/C21H16F5NO3S/c1-2-29-20(28)17-11-31-19(27-17)8-13-7-14(21(24,25)26)4-6-18(13)30-10-12-3-5-15(22)9-16(12)23/h3-7,9,11H,2,8,10H2,1H3. The average molecular weight is 457 g/mol. The summed E-state index contributed by atoms with van der Waals surface area (Å²) >= 11 is 1.09. The summed E-state index contributed by atoms with van der Waals surface area (Å²) in [7, 11) is 0. The molecule has 4 nitrogen and oxygen atoms in total. The van der Waals surface area contributed by atoms with Crippen LogP contribution in [0.2, 0.25) is 0 Å². The fourth-order valence-electron chi connectivity index (χ4n) is 2.68. The van der Waals surface area contributed by atoms with Crippen LogP contribution < -0.4 is 4.74 Å². The van der Waals surface area contributed by atoms with Crippen molar-refractivity contribution in [3.63, 3.8) is 0 Å². The fraction of sp³-hybridized carbons (Fsp3) is 0.238. The van der Waals surface area contributed by atoms with E-state index in [2.05, 4.69) is 4.98 Å². The molecule has 0 N–H and O–H groups in total. The maximum atomic E-state index is 13.8. The van der Waals surface area contributed by atoms with Crippen molar-refractivity contribution in [1.82, 2.24) is 4.98 Å².